The summed E-state index contributed by atoms with van der Waals surface area (Å²) >= 11 is 0. The van der Waals surface area contributed by atoms with Crippen molar-refractivity contribution in [2.45, 2.75) is 70.6 Å². The molecule has 1 saturated carbocycles. The zero-order valence-corrected chi connectivity index (χ0v) is 20.2. The van der Waals surface area contributed by atoms with Gasteiger partial charge in [-0.25, -0.2) is 4.98 Å². The molecule has 2 heterocycles. The van der Waals surface area contributed by atoms with Gasteiger partial charge < -0.3 is 25.8 Å². The Hall–Kier alpha value is -2.57. The number of hydrogen-bond acceptors (Lipinski definition) is 6. The van der Waals surface area contributed by atoms with Crippen molar-refractivity contribution in [1.29, 1.82) is 10.8 Å². The van der Waals surface area contributed by atoms with E-state index in [1.54, 1.807) is 26.2 Å². The summed E-state index contributed by atoms with van der Waals surface area (Å²) in [5, 5.41) is 21.4. The van der Waals surface area contributed by atoms with Gasteiger partial charge in [0.1, 0.15) is 5.82 Å². The van der Waals surface area contributed by atoms with Crippen LogP contribution in [0.2, 0.25) is 0 Å². The number of aryl methyl sites for hydroxylation is 1. The molecule has 3 N–H and O–H groups in total. The average Bonchev–Trinajstić information content (AvgIpc) is 2.82. The summed E-state index contributed by atoms with van der Waals surface area (Å²) in [5.41, 5.74) is 3.73. The van der Waals surface area contributed by atoms with Gasteiger partial charge in [-0.3, -0.25) is 0 Å². The molecule has 0 amide bonds. The summed E-state index contributed by atoms with van der Waals surface area (Å²) < 4.78 is 5.95. The van der Waals surface area contributed by atoms with Crippen molar-refractivity contribution in [3.05, 3.63) is 47.5 Å². The van der Waals surface area contributed by atoms with Crippen molar-refractivity contribution in [2.24, 2.45) is 0 Å². The summed E-state index contributed by atoms with van der Waals surface area (Å²) in [5.74, 6) is 0.835. The van der Waals surface area contributed by atoms with E-state index < -0.39 is 0 Å². The van der Waals surface area contributed by atoms with Gasteiger partial charge in [-0.2, -0.15) is 0 Å². The fourth-order valence-electron chi connectivity index (χ4n) is 5.13. The Morgan fingerprint density at radius 1 is 1.12 bits per heavy atom. The number of piperidine rings is 1. The van der Waals surface area contributed by atoms with Crippen LogP contribution in [0.4, 0.5) is 5.82 Å². The van der Waals surface area contributed by atoms with E-state index in [9.17, 15) is 0 Å². The Kier molecular flexibility index (Phi) is 7.56. The van der Waals surface area contributed by atoms with Crippen molar-refractivity contribution in [3.8, 4) is 0 Å². The monoisotopic (exact) mass is 447 g/mol. The predicted octanol–water partition coefficient (Wildman–Crippen LogP) is 5.02. The molecule has 0 bridgehead atoms. The van der Waals surface area contributed by atoms with E-state index in [-0.39, 0.29) is 6.10 Å². The van der Waals surface area contributed by atoms with Crippen LogP contribution in [0.3, 0.4) is 0 Å². The molecule has 6 heteroatoms. The number of rotatable bonds is 7. The first-order valence-electron chi connectivity index (χ1n) is 12.2. The molecule has 0 unspecified atom stereocenters. The summed E-state index contributed by atoms with van der Waals surface area (Å²) in [4.78, 5) is 7.30. The molecule has 176 valence electrons. The first-order chi connectivity index (χ1) is 15.9. The molecule has 2 fully saturated rings. The first-order valence-corrected chi connectivity index (χ1v) is 12.2. The Labute approximate surface area is 197 Å². The van der Waals surface area contributed by atoms with Crippen LogP contribution < -0.4 is 10.2 Å². The van der Waals surface area contributed by atoms with Gasteiger partial charge in [0.05, 0.1) is 17.3 Å². The number of benzene rings is 1. The zero-order valence-electron chi connectivity index (χ0n) is 20.2. The SMILES string of the molecule is CO[C@H]1CN(c2nc3ccc(C)cc3cc2C(=N)/C=C\C(C)=N)CC[C@H]1NC1CCCCC1. The predicted molar refractivity (Wildman–Crippen MR) is 137 cm³/mol. The maximum atomic E-state index is 8.72. The summed E-state index contributed by atoms with van der Waals surface area (Å²) in [7, 11) is 1.80. The molecule has 33 heavy (non-hydrogen) atoms. The molecule has 1 saturated heterocycles. The minimum Gasteiger partial charge on any atom is -0.378 e. The minimum atomic E-state index is 0.0811. The van der Waals surface area contributed by atoms with Crippen LogP contribution in [0.1, 0.15) is 56.6 Å². The maximum Gasteiger partial charge on any atom is 0.138 e. The number of methoxy groups -OCH3 is 1. The third-order valence-corrected chi connectivity index (χ3v) is 6.96. The number of pyridine rings is 1. The Morgan fingerprint density at radius 2 is 1.91 bits per heavy atom. The second kappa shape index (κ2) is 10.6. The molecular weight excluding hydrogens is 410 g/mol. The quantitative estimate of drug-likeness (QED) is 0.520. The molecule has 2 aromatic rings. The number of allylic oxidation sites excluding steroid dienone is 2. The van der Waals surface area contributed by atoms with E-state index in [1.807, 2.05) is 0 Å². The highest BCUT2D eigenvalue weighted by Gasteiger charge is 2.32. The topological polar surface area (TPSA) is 85.1 Å². The van der Waals surface area contributed by atoms with Gasteiger partial charge in [0.2, 0.25) is 0 Å². The molecule has 4 rings (SSSR count). The lowest BCUT2D eigenvalue weighted by Crippen LogP contribution is -2.56. The van der Waals surface area contributed by atoms with Crippen LogP contribution in [0, 0.1) is 17.7 Å². The molecule has 1 aliphatic heterocycles. The molecule has 6 nitrogen and oxygen atoms in total. The van der Waals surface area contributed by atoms with E-state index in [0.717, 1.165) is 41.8 Å². The van der Waals surface area contributed by atoms with Gasteiger partial charge >= 0.3 is 0 Å². The summed E-state index contributed by atoms with van der Waals surface area (Å²) in [6.45, 7) is 5.42. The Morgan fingerprint density at radius 3 is 2.64 bits per heavy atom. The zero-order chi connectivity index (χ0) is 23.4. The van der Waals surface area contributed by atoms with Gasteiger partial charge in [0.15, 0.2) is 0 Å². The third kappa shape index (κ3) is 5.68. The second-order valence-electron chi connectivity index (χ2n) is 9.60. The first kappa shape index (κ1) is 23.6. The van der Waals surface area contributed by atoms with E-state index in [1.165, 1.54) is 37.7 Å². The highest BCUT2D eigenvalue weighted by Crippen LogP contribution is 2.29. The molecule has 2 atom stereocenters. The standard InChI is InChI=1S/C27H37N5O/c1-18-9-12-24-20(15-18)16-22(23(29)11-10-19(2)28)27(31-24)32-14-13-25(26(17-32)33-3)30-21-7-5-4-6-8-21/h9-12,15-16,21,25-26,28-30H,4-8,13-14,17H2,1-3H3/b11-10-,28-19?,29-23?/t25-,26+/m1/s1. The van der Waals surface area contributed by atoms with Crippen LogP contribution in [-0.2, 0) is 4.74 Å². The Balaban J connectivity index is 1.62. The summed E-state index contributed by atoms with van der Waals surface area (Å²) in [6, 6.07) is 9.29. The fourth-order valence-corrected chi connectivity index (χ4v) is 5.13. The lowest BCUT2D eigenvalue weighted by molar-refractivity contribution is 0.0534. The van der Waals surface area contributed by atoms with E-state index in [0.29, 0.717) is 23.5 Å². The number of anilines is 1. The highest BCUT2D eigenvalue weighted by molar-refractivity contribution is 6.13. The second-order valence-corrected chi connectivity index (χ2v) is 9.60. The van der Waals surface area contributed by atoms with Gasteiger partial charge in [-0.1, -0.05) is 30.9 Å². The number of nitrogens with one attached hydrogen (secondary N) is 3. The fraction of sp³-hybridized carbons (Fsp3) is 0.519. The van der Waals surface area contributed by atoms with E-state index in [2.05, 4.69) is 41.4 Å². The highest BCUT2D eigenvalue weighted by atomic mass is 16.5. The molecule has 1 aromatic carbocycles. The van der Waals surface area contributed by atoms with Crippen molar-refractivity contribution < 1.29 is 4.74 Å². The number of aromatic nitrogens is 1. The molecule has 0 radical (unpaired) electrons. The third-order valence-electron chi connectivity index (χ3n) is 6.96. The number of ether oxygens (including phenoxy) is 1. The van der Waals surface area contributed by atoms with Gasteiger partial charge in [0, 0.05) is 48.9 Å². The number of hydrogen-bond donors (Lipinski definition) is 3. The van der Waals surface area contributed by atoms with Gasteiger partial charge in [-0.05, 0) is 63.5 Å². The molecular formula is C27H37N5O. The molecule has 1 aromatic heterocycles. The van der Waals surface area contributed by atoms with Crippen LogP contribution in [0.25, 0.3) is 10.9 Å². The van der Waals surface area contributed by atoms with Crippen molar-refractivity contribution in [2.75, 3.05) is 25.1 Å². The molecule has 2 aliphatic rings. The van der Waals surface area contributed by atoms with Gasteiger partial charge in [0.25, 0.3) is 0 Å². The Bertz CT molecular complexity index is 1040. The average molecular weight is 448 g/mol. The largest absolute Gasteiger partial charge is 0.378 e. The van der Waals surface area contributed by atoms with E-state index in [4.69, 9.17) is 20.5 Å². The molecule has 1 aliphatic carbocycles. The van der Waals surface area contributed by atoms with Crippen LogP contribution in [0.5, 0.6) is 0 Å². The van der Waals surface area contributed by atoms with Crippen molar-refractivity contribution in [3.63, 3.8) is 0 Å². The van der Waals surface area contributed by atoms with E-state index >= 15 is 0 Å². The van der Waals surface area contributed by atoms with Gasteiger partial charge in [-0.15, -0.1) is 0 Å². The minimum absolute atomic E-state index is 0.0811. The smallest absolute Gasteiger partial charge is 0.138 e. The van der Waals surface area contributed by atoms with Crippen LogP contribution in [-0.4, -0.2) is 54.8 Å². The molecule has 0 spiro atoms. The normalized spacial score (nSPS) is 22.2. The van der Waals surface area contributed by atoms with Crippen LogP contribution >= 0.6 is 0 Å². The number of fused-ring (bicyclic) bond motifs is 1. The van der Waals surface area contributed by atoms with Crippen molar-refractivity contribution >= 4 is 28.1 Å². The lowest BCUT2D eigenvalue weighted by Gasteiger charge is -2.41. The van der Waals surface area contributed by atoms with Crippen molar-refractivity contribution in [1.82, 2.24) is 10.3 Å². The summed E-state index contributed by atoms with van der Waals surface area (Å²) in [6.07, 6.45) is 11.0. The number of nitrogens with zero attached hydrogens (tertiary/aromatic N) is 2. The van der Waals surface area contributed by atoms with Crippen LogP contribution in [0.15, 0.2) is 36.4 Å². The maximum absolute atomic E-state index is 8.72. The lowest BCUT2D eigenvalue weighted by atomic mass is 9.92.